The second-order valence-corrected chi connectivity index (χ2v) is 12.7. The van der Waals surface area contributed by atoms with Crippen LogP contribution in [0.2, 0.25) is 0 Å². The van der Waals surface area contributed by atoms with Crippen molar-refractivity contribution in [2.24, 2.45) is 0 Å². The van der Waals surface area contributed by atoms with Crippen LogP contribution in [-0.4, -0.2) is 23.7 Å². The van der Waals surface area contributed by atoms with E-state index in [-0.39, 0.29) is 24.2 Å². The van der Waals surface area contributed by atoms with E-state index in [9.17, 15) is 1.37 Å². The van der Waals surface area contributed by atoms with E-state index in [4.69, 9.17) is 14.1 Å². The zero-order chi connectivity index (χ0) is 36.9. The van der Waals surface area contributed by atoms with Crippen LogP contribution in [0.4, 0.5) is 0 Å². The van der Waals surface area contributed by atoms with Crippen LogP contribution in [0.3, 0.4) is 0 Å². The molecular formula is C46H29N5. The third-order valence-corrected chi connectivity index (χ3v) is 10.0. The van der Waals surface area contributed by atoms with Crippen LogP contribution in [0.25, 0.3) is 94.1 Å². The van der Waals surface area contributed by atoms with E-state index in [1.807, 2.05) is 66.7 Å². The number of para-hydroxylation sites is 7. The number of benzene rings is 7. The lowest BCUT2D eigenvalue weighted by Gasteiger charge is -2.16. The van der Waals surface area contributed by atoms with Gasteiger partial charge in [0, 0.05) is 43.9 Å². The maximum Gasteiger partial charge on any atom is 0.237 e. The van der Waals surface area contributed by atoms with Crippen LogP contribution >= 0.6 is 0 Å². The molecule has 7 aromatic carbocycles. The van der Waals surface area contributed by atoms with Crippen molar-refractivity contribution in [3.05, 3.63) is 176 Å². The van der Waals surface area contributed by atoms with E-state index in [0.29, 0.717) is 39.3 Å². The summed E-state index contributed by atoms with van der Waals surface area (Å²) in [6.07, 6.45) is 0. The van der Waals surface area contributed by atoms with Gasteiger partial charge < -0.3 is 4.57 Å². The van der Waals surface area contributed by atoms with Crippen LogP contribution < -0.4 is 0 Å². The Bertz CT molecular complexity index is 3290. The Morgan fingerprint density at radius 2 is 0.843 bits per heavy atom. The molecule has 4 aromatic heterocycles. The van der Waals surface area contributed by atoms with Crippen molar-refractivity contribution in [1.82, 2.24) is 23.7 Å². The molecular weight excluding hydrogens is 623 g/mol. The lowest BCUT2D eigenvalue weighted by Crippen LogP contribution is -2.08. The molecule has 11 aromatic rings. The van der Waals surface area contributed by atoms with Gasteiger partial charge in [0.2, 0.25) is 5.95 Å². The first-order valence-electron chi connectivity index (χ1n) is 18.9. The van der Waals surface area contributed by atoms with Crippen molar-refractivity contribution >= 4 is 65.4 Å². The average molecular weight is 656 g/mol. The third kappa shape index (κ3) is 4.03. The van der Waals surface area contributed by atoms with Gasteiger partial charge in [-0.05, 0) is 42.4 Å². The predicted octanol–water partition coefficient (Wildman–Crippen LogP) is 11.4. The maximum atomic E-state index is 9.18. The lowest BCUT2D eigenvalue weighted by atomic mass is 10.1. The molecule has 0 N–H and O–H groups in total. The minimum atomic E-state index is -0.308. The smallest absolute Gasteiger partial charge is 0.237 e. The number of fused-ring (bicyclic) bond motifs is 9. The van der Waals surface area contributed by atoms with Crippen LogP contribution in [0.15, 0.2) is 176 Å². The summed E-state index contributed by atoms with van der Waals surface area (Å²) in [6.45, 7) is 0. The molecule has 0 spiro atoms. The fraction of sp³-hybridized carbons (Fsp3) is 0. The standard InChI is InChI=1S/C46H29N5/c1-8-22-38-30(15-1)31-16-2-9-23-39(31)49(38)44-28-14-7-21-36(44)37-29-45(50-40-24-10-3-17-32(40)33-18-4-11-25-41(33)50)48-46(47-37)51-42-26-12-5-19-34(42)35-20-6-13-27-43(35)51/h1-29H/i5D,12D,19D,26D. The number of rotatable bonds is 4. The maximum absolute atomic E-state index is 9.18. The van der Waals surface area contributed by atoms with E-state index < -0.39 is 0 Å². The highest BCUT2D eigenvalue weighted by Gasteiger charge is 2.21. The highest BCUT2D eigenvalue weighted by molar-refractivity contribution is 6.11. The molecule has 0 aliphatic rings. The van der Waals surface area contributed by atoms with Gasteiger partial charge in [-0.3, -0.25) is 9.13 Å². The number of hydrogen-bond acceptors (Lipinski definition) is 2. The summed E-state index contributed by atoms with van der Waals surface area (Å²) in [6, 6.07) is 50.5. The van der Waals surface area contributed by atoms with Gasteiger partial charge in [-0.1, -0.05) is 127 Å². The molecule has 5 nitrogen and oxygen atoms in total. The monoisotopic (exact) mass is 655 g/mol. The minimum Gasteiger partial charge on any atom is -0.309 e. The van der Waals surface area contributed by atoms with Gasteiger partial charge in [0.15, 0.2) is 0 Å². The van der Waals surface area contributed by atoms with Crippen LogP contribution in [0.1, 0.15) is 5.48 Å². The highest BCUT2D eigenvalue weighted by Crippen LogP contribution is 2.38. The summed E-state index contributed by atoms with van der Waals surface area (Å²) in [7, 11) is 0. The second kappa shape index (κ2) is 10.8. The van der Waals surface area contributed by atoms with Crippen molar-refractivity contribution in [3.8, 4) is 28.7 Å². The SMILES string of the molecule is [2H]c1c([2H])c([2H])c2c(c1[2H])c1ccccc1n2-c1nc(-c2ccccc2-n2c3ccccc3c3ccccc32)cc(-n2c3ccccc3c3ccccc32)n1. The molecule has 0 atom stereocenters. The number of hydrogen-bond donors (Lipinski definition) is 0. The van der Waals surface area contributed by atoms with Gasteiger partial charge in [0.25, 0.3) is 0 Å². The first-order valence-corrected chi connectivity index (χ1v) is 16.9. The first kappa shape index (κ1) is 24.2. The van der Waals surface area contributed by atoms with Gasteiger partial charge in [-0.25, -0.2) is 4.98 Å². The van der Waals surface area contributed by atoms with Crippen molar-refractivity contribution in [2.45, 2.75) is 0 Å². The topological polar surface area (TPSA) is 40.6 Å². The molecule has 0 saturated carbocycles. The lowest BCUT2D eigenvalue weighted by molar-refractivity contribution is 0.951. The first-order chi connectivity index (χ1) is 27.0. The van der Waals surface area contributed by atoms with E-state index in [1.54, 1.807) is 4.57 Å². The van der Waals surface area contributed by atoms with Gasteiger partial charge in [0.1, 0.15) is 5.82 Å². The Hall–Kier alpha value is -6.98. The molecule has 0 fully saturated rings. The zero-order valence-electron chi connectivity index (χ0n) is 31.2. The molecule has 238 valence electrons. The molecule has 11 rings (SSSR count). The minimum absolute atomic E-state index is 0.0959. The van der Waals surface area contributed by atoms with E-state index in [1.165, 1.54) is 0 Å². The van der Waals surface area contributed by atoms with Gasteiger partial charge in [0.05, 0.1) is 50.0 Å². The molecule has 0 saturated heterocycles. The highest BCUT2D eigenvalue weighted by atomic mass is 15.2. The number of aromatic nitrogens is 5. The Kier molecular flexibility index (Phi) is 5.11. The average Bonchev–Trinajstić information content (AvgIpc) is 3.88. The molecule has 5 heteroatoms. The fourth-order valence-electron chi connectivity index (χ4n) is 7.89. The van der Waals surface area contributed by atoms with Crippen molar-refractivity contribution in [3.63, 3.8) is 0 Å². The van der Waals surface area contributed by atoms with Gasteiger partial charge in [-0.15, -0.1) is 0 Å². The van der Waals surface area contributed by atoms with Crippen LogP contribution in [-0.2, 0) is 0 Å². The molecule has 4 heterocycles. The summed E-state index contributed by atoms with van der Waals surface area (Å²) < 4.78 is 41.7. The molecule has 0 unspecified atom stereocenters. The Labute approximate surface area is 298 Å². The molecule has 51 heavy (non-hydrogen) atoms. The van der Waals surface area contributed by atoms with Gasteiger partial charge in [-0.2, -0.15) is 4.98 Å². The van der Waals surface area contributed by atoms with Crippen molar-refractivity contribution < 1.29 is 5.48 Å². The van der Waals surface area contributed by atoms with Crippen molar-refractivity contribution in [2.75, 3.05) is 0 Å². The summed E-state index contributed by atoms with van der Waals surface area (Å²) in [5, 5.41) is 5.62. The summed E-state index contributed by atoms with van der Waals surface area (Å²) in [5.74, 6) is 0.920. The summed E-state index contributed by atoms with van der Waals surface area (Å²) >= 11 is 0. The zero-order valence-corrected chi connectivity index (χ0v) is 27.2. The third-order valence-electron chi connectivity index (χ3n) is 10.0. The molecule has 0 radical (unpaired) electrons. The normalized spacial score (nSPS) is 13.0. The Morgan fingerprint density at radius 1 is 0.392 bits per heavy atom. The Morgan fingerprint density at radius 3 is 1.43 bits per heavy atom. The quantitative estimate of drug-likeness (QED) is 0.189. The molecule has 0 aliphatic carbocycles. The molecule has 0 bridgehead atoms. The predicted molar refractivity (Wildman–Crippen MR) is 210 cm³/mol. The van der Waals surface area contributed by atoms with Crippen molar-refractivity contribution in [1.29, 1.82) is 0 Å². The van der Waals surface area contributed by atoms with Crippen LogP contribution in [0, 0.1) is 0 Å². The van der Waals surface area contributed by atoms with Crippen LogP contribution in [0.5, 0.6) is 0 Å². The second-order valence-electron chi connectivity index (χ2n) is 12.7. The summed E-state index contributed by atoms with van der Waals surface area (Å²) in [4.78, 5) is 10.7. The molecule has 0 aliphatic heterocycles. The van der Waals surface area contributed by atoms with E-state index in [0.717, 1.165) is 54.9 Å². The van der Waals surface area contributed by atoms with E-state index in [2.05, 4.69) is 94.1 Å². The summed E-state index contributed by atoms with van der Waals surface area (Å²) in [5.41, 5.74) is 7.62. The Balaban J connectivity index is 1.29. The van der Waals surface area contributed by atoms with Gasteiger partial charge >= 0.3 is 0 Å². The largest absolute Gasteiger partial charge is 0.309 e. The fourth-order valence-corrected chi connectivity index (χ4v) is 7.89. The molecule has 0 amide bonds. The van der Waals surface area contributed by atoms with E-state index >= 15 is 0 Å². The number of nitrogens with zero attached hydrogens (tertiary/aromatic N) is 5.